The second-order valence-electron chi connectivity index (χ2n) is 6.20. The lowest BCUT2D eigenvalue weighted by atomic mass is 9.83. The van der Waals surface area contributed by atoms with Crippen molar-refractivity contribution in [1.82, 2.24) is 15.0 Å². The second kappa shape index (κ2) is 5.73. The molecule has 4 heterocycles. The van der Waals surface area contributed by atoms with Gasteiger partial charge in [0.1, 0.15) is 5.52 Å². The van der Waals surface area contributed by atoms with Crippen molar-refractivity contribution in [2.24, 2.45) is 17.8 Å². The fraction of sp³-hybridized carbons (Fsp3) is 0.500. The fourth-order valence-corrected chi connectivity index (χ4v) is 3.75. The summed E-state index contributed by atoms with van der Waals surface area (Å²) < 4.78 is 5.46. The number of rotatable bonds is 3. The zero-order chi connectivity index (χ0) is 15.8. The van der Waals surface area contributed by atoms with Crippen molar-refractivity contribution in [1.29, 1.82) is 0 Å². The van der Waals surface area contributed by atoms with Gasteiger partial charge in [-0.2, -0.15) is 0 Å². The van der Waals surface area contributed by atoms with E-state index in [1.807, 2.05) is 11.0 Å². The highest BCUT2D eigenvalue weighted by molar-refractivity contribution is 5.86. The zero-order valence-corrected chi connectivity index (χ0v) is 12.6. The van der Waals surface area contributed by atoms with Crippen LogP contribution in [0.3, 0.4) is 0 Å². The van der Waals surface area contributed by atoms with E-state index in [1.54, 1.807) is 18.6 Å². The Labute approximate surface area is 133 Å². The molecule has 4 rings (SSSR count). The van der Waals surface area contributed by atoms with Crippen LogP contribution in [0.5, 0.6) is 0 Å². The third-order valence-electron chi connectivity index (χ3n) is 4.92. The lowest BCUT2D eigenvalue weighted by Gasteiger charge is -2.21. The quantitative estimate of drug-likeness (QED) is 0.910. The van der Waals surface area contributed by atoms with E-state index in [4.69, 9.17) is 4.74 Å². The van der Waals surface area contributed by atoms with Gasteiger partial charge in [-0.3, -0.25) is 9.78 Å². The minimum Gasteiger partial charge on any atom is -0.481 e. The normalized spacial score (nSPS) is 27.7. The first-order chi connectivity index (χ1) is 11.2. The highest BCUT2D eigenvalue weighted by atomic mass is 16.5. The van der Waals surface area contributed by atoms with Gasteiger partial charge < -0.3 is 14.7 Å². The first kappa shape index (κ1) is 14.3. The monoisotopic (exact) mass is 314 g/mol. The Kier molecular flexibility index (Phi) is 3.57. The summed E-state index contributed by atoms with van der Waals surface area (Å²) in [6, 6.07) is 1.82. The maximum absolute atomic E-state index is 11.7. The summed E-state index contributed by atoms with van der Waals surface area (Å²) in [7, 11) is 0. The molecule has 0 saturated carbocycles. The maximum Gasteiger partial charge on any atom is 0.308 e. The molecular weight excluding hydrogens is 296 g/mol. The number of aliphatic carboxylic acids is 1. The van der Waals surface area contributed by atoms with Crippen molar-refractivity contribution >= 4 is 22.8 Å². The molecule has 2 fully saturated rings. The second-order valence-corrected chi connectivity index (χ2v) is 6.20. The summed E-state index contributed by atoms with van der Waals surface area (Å²) in [6.45, 7) is 2.52. The van der Waals surface area contributed by atoms with Crippen molar-refractivity contribution < 1.29 is 14.6 Å². The van der Waals surface area contributed by atoms with E-state index in [9.17, 15) is 9.90 Å². The van der Waals surface area contributed by atoms with Gasteiger partial charge in [0, 0.05) is 44.9 Å². The third kappa shape index (κ3) is 2.50. The molecular formula is C16H18N4O3. The zero-order valence-electron chi connectivity index (χ0n) is 12.6. The van der Waals surface area contributed by atoms with Gasteiger partial charge in [-0.15, -0.1) is 0 Å². The van der Waals surface area contributed by atoms with Crippen LogP contribution in [0.2, 0.25) is 0 Å². The predicted octanol–water partition coefficient (Wildman–Crippen LogP) is 1.20. The molecule has 0 aliphatic carbocycles. The summed E-state index contributed by atoms with van der Waals surface area (Å²) in [4.78, 5) is 26.9. The largest absolute Gasteiger partial charge is 0.481 e. The van der Waals surface area contributed by atoms with E-state index in [0.29, 0.717) is 25.6 Å². The van der Waals surface area contributed by atoms with E-state index < -0.39 is 11.9 Å². The van der Waals surface area contributed by atoms with Gasteiger partial charge in [-0.25, -0.2) is 9.97 Å². The Morgan fingerprint density at radius 1 is 1.22 bits per heavy atom. The van der Waals surface area contributed by atoms with Crippen LogP contribution in [-0.4, -0.2) is 52.3 Å². The molecule has 120 valence electrons. The maximum atomic E-state index is 11.7. The standard InChI is InChI=1S/C16H18N4O3/c21-16(22)12-8-20(7-11(12)10-2-6-23-9-10)15-14-13(1-3-19-15)17-4-5-18-14/h1,3-5,10-12H,2,6-9H2,(H,21,22)/t10?,11-,12+/m0/s1. The minimum absolute atomic E-state index is 0.0868. The summed E-state index contributed by atoms with van der Waals surface area (Å²) in [6.07, 6.45) is 5.93. The lowest BCUT2D eigenvalue weighted by Crippen LogP contribution is -2.28. The van der Waals surface area contributed by atoms with Gasteiger partial charge in [0.2, 0.25) is 0 Å². The number of nitrogens with zero attached hydrogens (tertiary/aromatic N) is 4. The number of hydrogen-bond acceptors (Lipinski definition) is 6. The predicted molar refractivity (Wildman–Crippen MR) is 83.1 cm³/mol. The molecule has 0 bridgehead atoms. The minimum atomic E-state index is -0.740. The Balaban J connectivity index is 1.68. The molecule has 23 heavy (non-hydrogen) atoms. The summed E-state index contributed by atoms with van der Waals surface area (Å²) >= 11 is 0. The Morgan fingerprint density at radius 3 is 2.87 bits per heavy atom. The molecule has 0 amide bonds. The average molecular weight is 314 g/mol. The molecule has 2 aliphatic rings. The molecule has 1 N–H and O–H groups in total. The molecule has 2 aromatic rings. The Hall–Kier alpha value is -2.28. The topological polar surface area (TPSA) is 88.4 Å². The first-order valence-corrected chi connectivity index (χ1v) is 7.85. The van der Waals surface area contributed by atoms with Crippen LogP contribution in [-0.2, 0) is 9.53 Å². The van der Waals surface area contributed by atoms with Gasteiger partial charge in [-0.1, -0.05) is 0 Å². The molecule has 1 unspecified atom stereocenters. The molecule has 7 heteroatoms. The molecule has 2 saturated heterocycles. The number of carboxylic acid groups (broad SMARTS) is 1. The van der Waals surface area contributed by atoms with Crippen LogP contribution in [0.1, 0.15) is 6.42 Å². The van der Waals surface area contributed by atoms with E-state index in [2.05, 4.69) is 15.0 Å². The SMILES string of the molecule is O=C(O)[C@@H]1CN(c2nccc3nccnc23)C[C@H]1C1CCOC1. The van der Waals surface area contributed by atoms with Gasteiger partial charge in [0.15, 0.2) is 5.82 Å². The third-order valence-corrected chi connectivity index (χ3v) is 4.92. The Bertz CT molecular complexity index is 727. The van der Waals surface area contributed by atoms with Crippen molar-refractivity contribution in [3.63, 3.8) is 0 Å². The summed E-state index contributed by atoms with van der Waals surface area (Å²) in [5.74, 6) is -0.0136. The lowest BCUT2D eigenvalue weighted by molar-refractivity contribution is -0.142. The van der Waals surface area contributed by atoms with Gasteiger partial charge in [0.25, 0.3) is 0 Å². The average Bonchev–Trinajstić information content (AvgIpc) is 3.23. The van der Waals surface area contributed by atoms with E-state index in [0.717, 1.165) is 29.9 Å². The van der Waals surface area contributed by atoms with Crippen LogP contribution in [0.4, 0.5) is 5.82 Å². The van der Waals surface area contributed by atoms with Crippen LogP contribution in [0.25, 0.3) is 11.0 Å². The van der Waals surface area contributed by atoms with Gasteiger partial charge in [-0.05, 0) is 24.3 Å². The van der Waals surface area contributed by atoms with E-state index in [1.165, 1.54) is 0 Å². The van der Waals surface area contributed by atoms with E-state index >= 15 is 0 Å². The summed E-state index contributed by atoms with van der Waals surface area (Å²) in [5.41, 5.74) is 1.50. The fourth-order valence-electron chi connectivity index (χ4n) is 3.75. The molecule has 2 aromatic heterocycles. The van der Waals surface area contributed by atoms with Gasteiger partial charge >= 0.3 is 5.97 Å². The summed E-state index contributed by atoms with van der Waals surface area (Å²) in [5, 5.41) is 9.61. The number of anilines is 1. The van der Waals surface area contributed by atoms with Crippen molar-refractivity contribution in [3.05, 3.63) is 24.7 Å². The highest BCUT2D eigenvalue weighted by Crippen LogP contribution is 2.37. The molecule has 3 atom stereocenters. The van der Waals surface area contributed by atoms with Crippen LogP contribution >= 0.6 is 0 Å². The number of fused-ring (bicyclic) bond motifs is 1. The Morgan fingerprint density at radius 2 is 2.09 bits per heavy atom. The van der Waals surface area contributed by atoms with Gasteiger partial charge in [0.05, 0.1) is 11.4 Å². The molecule has 7 nitrogen and oxygen atoms in total. The molecule has 2 aliphatic heterocycles. The van der Waals surface area contributed by atoms with Crippen molar-refractivity contribution in [3.8, 4) is 0 Å². The number of carbonyl (C=O) groups is 1. The molecule has 0 aromatic carbocycles. The number of pyridine rings is 1. The van der Waals surface area contributed by atoms with Crippen LogP contribution in [0.15, 0.2) is 24.7 Å². The van der Waals surface area contributed by atoms with Crippen molar-refractivity contribution in [2.75, 3.05) is 31.2 Å². The number of ether oxygens (including phenoxy) is 1. The van der Waals surface area contributed by atoms with Crippen LogP contribution in [0, 0.1) is 17.8 Å². The van der Waals surface area contributed by atoms with E-state index in [-0.39, 0.29) is 5.92 Å². The molecule has 0 spiro atoms. The van der Waals surface area contributed by atoms with Crippen LogP contribution < -0.4 is 4.90 Å². The number of carboxylic acids is 1. The number of aromatic nitrogens is 3. The first-order valence-electron chi connectivity index (χ1n) is 7.85. The highest BCUT2D eigenvalue weighted by Gasteiger charge is 2.43. The molecule has 0 radical (unpaired) electrons. The smallest absolute Gasteiger partial charge is 0.308 e. The van der Waals surface area contributed by atoms with Crippen molar-refractivity contribution in [2.45, 2.75) is 6.42 Å². The number of hydrogen-bond donors (Lipinski definition) is 1.